The number of amides is 1. The third-order valence-corrected chi connectivity index (χ3v) is 1.93. The van der Waals surface area contributed by atoms with Crippen molar-refractivity contribution < 1.29 is 19.0 Å². The van der Waals surface area contributed by atoms with Crippen LogP contribution in [0.3, 0.4) is 0 Å². The zero-order valence-electron chi connectivity index (χ0n) is 11.3. The summed E-state index contributed by atoms with van der Waals surface area (Å²) in [6.07, 6.45) is -0.326. The standard InChI is InChI=1S/C11H24N2O4/c1-11(2,3)17-10(14)13-7-8(12)6-9(15-4)16-5/h8-9H,6-7,12H2,1-5H3,(H,13,14). The summed E-state index contributed by atoms with van der Waals surface area (Å²) >= 11 is 0. The first-order valence-electron chi connectivity index (χ1n) is 5.56. The molecule has 0 radical (unpaired) electrons. The first kappa shape index (κ1) is 16.1. The molecule has 0 saturated heterocycles. The van der Waals surface area contributed by atoms with E-state index >= 15 is 0 Å². The molecule has 3 N–H and O–H groups in total. The molecule has 0 aliphatic rings. The monoisotopic (exact) mass is 248 g/mol. The number of hydrogen-bond acceptors (Lipinski definition) is 5. The lowest BCUT2D eigenvalue weighted by Gasteiger charge is -2.22. The number of nitrogens with one attached hydrogen (secondary N) is 1. The van der Waals surface area contributed by atoms with Crippen molar-refractivity contribution in [2.45, 2.75) is 45.1 Å². The molecule has 0 aromatic carbocycles. The summed E-state index contributed by atoms with van der Waals surface area (Å²) in [7, 11) is 3.09. The van der Waals surface area contributed by atoms with Crippen LogP contribution in [0.5, 0.6) is 0 Å². The fourth-order valence-corrected chi connectivity index (χ4v) is 1.15. The van der Waals surface area contributed by atoms with Crippen molar-refractivity contribution in [1.82, 2.24) is 5.32 Å². The van der Waals surface area contributed by atoms with Crippen molar-refractivity contribution >= 4 is 6.09 Å². The maximum absolute atomic E-state index is 11.3. The molecule has 0 saturated carbocycles. The number of nitrogens with two attached hydrogens (primary N) is 1. The average Bonchev–Trinajstić information content (AvgIpc) is 2.20. The van der Waals surface area contributed by atoms with E-state index in [4.69, 9.17) is 19.9 Å². The summed E-state index contributed by atoms with van der Waals surface area (Å²) in [5, 5.41) is 2.60. The van der Waals surface area contributed by atoms with Gasteiger partial charge in [0.2, 0.25) is 0 Å². The van der Waals surface area contributed by atoms with Crippen molar-refractivity contribution in [2.75, 3.05) is 20.8 Å². The Bertz CT molecular complexity index is 224. The molecule has 0 spiro atoms. The van der Waals surface area contributed by atoms with Crippen LogP contribution in [0.2, 0.25) is 0 Å². The smallest absolute Gasteiger partial charge is 0.407 e. The van der Waals surface area contributed by atoms with Gasteiger partial charge in [-0.1, -0.05) is 0 Å². The molecule has 0 rings (SSSR count). The van der Waals surface area contributed by atoms with E-state index in [9.17, 15) is 4.79 Å². The predicted octanol–water partition coefficient (Wildman–Crippen LogP) is 0.847. The van der Waals surface area contributed by atoms with Crippen LogP contribution in [0.4, 0.5) is 4.79 Å². The topological polar surface area (TPSA) is 82.8 Å². The highest BCUT2D eigenvalue weighted by Gasteiger charge is 2.17. The Labute approximate surface area is 103 Å². The number of methoxy groups -OCH3 is 2. The van der Waals surface area contributed by atoms with E-state index in [2.05, 4.69) is 5.32 Å². The van der Waals surface area contributed by atoms with Gasteiger partial charge in [-0.05, 0) is 20.8 Å². The molecule has 102 valence electrons. The van der Waals surface area contributed by atoms with Crippen molar-refractivity contribution in [3.63, 3.8) is 0 Å². The maximum Gasteiger partial charge on any atom is 0.407 e. The normalized spacial score (nSPS) is 13.6. The summed E-state index contributed by atoms with van der Waals surface area (Å²) in [6, 6.07) is -0.243. The molecular formula is C11H24N2O4. The van der Waals surface area contributed by atoms with Gasteiger partial charge in [0.1, 0.15) is 5.60 Å². The van der Waals surface area contributed by atoms with E-state index in [1.807, 2.05) is 0 Å². The molecule has 17 heavy (non-hydrogen) atoms. The molecule has 0 bridgehead atoms. The Hall–Kier alpha value is -0.850. The van der Waals surface area contributed by atoms with Crippen LogP contribution >= 0.6 is 0 Å². The number of rotatable bonds is 6. The zero-order chi connectivity index (χ0) is 13.5. The van der Waals surface area contributed by atoms with E-state index in [0.29, 0.717) is 13.0 Å². The molecule has 0 aromatic heterocycles. The average molecular weight is 248 g/mol. The first-order chi connectivity index (χ1) is 7.78. The predicted molar refractivity (Wildman–Crippen MR) is 64.6 cm³/mol. The molecule has 0 aliphatic carbocycles. The van der Waals surface area contributed by atoms with Crippen molar-refractivity contribution in [1.29, 1.82) is 0 Å². The van der Waals surface area contributed by atoms with Gasteiger partial charge in [-0.15, -0.1) is 0 Å². The molecular weight excluding hydrogens is 224 g/mol. The van der Waals surface area contributed by atoms with Crippen molar-refractivity contribution in [3.05, 3.63) is 0 Å². The van der Waals surface area contributed by atoms with Gasteiger partial charge in [0.25, 0.3) is 0 Å². The van der Waals surface area contributed by atoms with Gasteiger partial charge >= 0.3 is 6.09 Å². The highest BCUT2D eigenvalue weighted by molar-refractivity contribution is 5.67. The Morgan fingerprint density at radius 1 is 1.29 bits per heavy atom. The van der Waals surface area contributed by atoms with E-state index in [1.54, 1.807) is 35.0 Å². The van der Waals surface area contributed by atoms with Gasteiger partial charge in [0, 0.05) is 33.2 Å². The second-order valence-corrected chi connectivity index (χ2v) is 4.78. The van der Waals surface area contributed by atoms with Gasteiger partial charge in [-0.25, -0.2) is 4.79 Å². The van der Waals surface area contributed by atoms with Crippen LogP contribution in [0, 0.1) is 0 Å². The summed E-state index contributed by atoms with van der Waals surface area (Å²) in [5.41, 5.74) is 5.30. The second-order valence-electron chi connectivity index (χ2n) is 4.78. The van der Waals surface area contributed by atoms with Crippen LogP contribution < -0.4 is 11.1 Å². The second kappa shape index (κ2) is 7.47. The molecule has 0 heterocycles. The van der Waals surface area contributed by atoms with E-state index in [-0.39, 0.29) is 12.3 Å². The van der Waals surface area contributed by atoms with E-state index in [1.165, 1.54) is 0 Å². The molecule has 6 nitrogen and oxygen atoms in total. The molecule has 1 amide bonds. The van der Waals surface area contributed by atoms with E-state index in [0.717, 1.165) is 0 Å². The minimum Gasteiger partial charge on any atom is -0.444 e. The van der Waals surface area contributed by atoms with Crippen molar-refractivity contribution in [2.24, 2.45) is 5.73 Å². The number of carbonyl (C=O) groups is 1. The Morgan fingerprint density at radius 3 is 2.24 bits per heavy atom. The lowest BCUT2D eigenvalue weighted by atomic mass is 10.2. The van der Waals surface area contributed by atoms with E-state index < -0.39 is 11.7 Å². The lowest BCUT2D eigenvalue weighted by molar-refractivity contribution is -0.109. The summed E-state index contributed by atoms with van der Waals surface area (Å²) in [5.74, 6) is 0. The summed E-state index contributed by atoms with van der Waals surface area (Å²) in [6.45, 7) is 5.73. The Morgan fingerprint density at radius 2 is 1.82 bits per heavy atom. The van der Waals surface area contributed by atoms with Crippen LogP contribution in [-0.4, -0.2) is 44.8 Å². The quantitative estimate of drug-likeness (QED) is 0.681. The number of hydrogen-bond donors (Lipinski definition) is 2. The van der Waals surface area contributed by atoms with Gasteiger partial charge in [0.05, 0.1) is 0 Å². The fraction of sp³-hybridized carbons (Fsp3) is 0.909. The summed E-state index contributed by atoms with van der Waals surface area (Å²) < 4.78 is 15.1. The minimum atomic E-state index is -0.504. The van der Waals surface area contributed by atoms with Crippen LogP contribution in [0.25, 0.3) is 0 Å². The third kappa shape index (κ3) is 8.91. The molecule has 6 heteroatoms. The fourth-order valence-electron chi connectivity index (χ4n) is 1.15. The number of carbonyl (C=O) groups excluding carboxylic acids is 1. The van der Waals surface area contributed by atoms with Crippen molar-refractivity contribution in [3.8, 4) is 0 Å². The van der Waals surface area contributed by atoms with Gasteiger partial charge in [0.15, 0.2) is 6.29 Å². The third-order valence-electron chi connectivity index (χ3n) is 1.93. The van der Waals surface area contributed by atoms with Crippen LogP contribution in [0.15, 0.2) is 0 Å². The van der Waals surface area contributed by atoms with Gasteiger partial charge in [-0.3, -0.25) is 0 Å². The molecule has 1 unspecified atom stereocenters. The highest BCUT2D eigenvalue weighted by atomic mass is 16.7. The molecule has 0 aliphatic heterocycles. The Kier molecular flexibility index (Phi) is 7.10. The number of ether oxygens (including phenoxy) is 3. The van der Waals surface area contributed by atoms with Gasteiger partial charge in [-0.2, -0.15) is 0 Å². The Balaban J connectivity index is 3.84. The highest BCUT2D eigenvalue weighted by Crippen LogP contribution is 2.06. The first-order valence-corrected chi connectivity index (χ1v) is 5.56. The zero-order valence-corrected chi connectivity index (χ0v) is 11.3. The lowest BCUT2D eigenvalue weighted by Crippen LogP contribution is -2.42. The largest absolute Gasteiger partial charge is 0.444 e. The number of alkyl carbamates (subject to hydrolysis) is 1. The maximum atomic E-state index is 11.3. The van der Waals surface area contributed by atoms with Crippen LogP contribution in [0.1, 0.15) is 27.2 Å². The molecule has 1 atom stereocenters. The SMILES string of the molecule is COC(CC(N)CNC(=O)OC(C)(C)C)OC. The van der Waals surface area contributed by atoms with Crippen LogP contribution in [-0.2, 0) is 14.2 Å². The molecule has 0 aromatic rings. The molecule has 0 fully saturated rings. The van der Waals surface area contributed by atoms with Gasteiger partial charge < -0.3 is 25.3 Å². The minimum absolute atomic E-state index is 0.243. The summed E-state index contributed by atoms with van der Waals surface area (Å²) in [4.78, 5) is 11.3.